The number of pyridine rings is 1. The van der Waals surface area contributed by atoms with Crippen LogP contribution in [-0.4, -0.2) is 20.9 Å². The van der Waals surface area contributed by atoms with E-state index >= 15 is 0 Å². The summed E-state index contributed by atoms with van der Waals surface area (Å²) in [4.78, 5) is 23.0. The molecule has 1 amide bonds. The van der Waals surface area contributed by atoms with Gasteiger partial charge in [-0.1, -0.05) is 6.07 Å². The maximum Gasteiger partial charge on any atom is 0.277 e. The number of amides is 1. The lowest BCUT2D eigenvalue weighted by Gasteiger charge is -2.03. The zero-order valence-corrected chi connectivity index (χ0v) is 9.01. The Morgan fingerprint density at radius 3 is 2.76 bits per heavy atom. The Morgan fingerprint density at radius 1 is 1.29 bits per heavy atom. The molecule has 0 aliphatic heterocycles. The zero-order valence-electron chi connectivity index (χ0n) is 9.01. The first kappa shape index (κ1) is 11.1. The second-order valence-corrected chi connectivity index (χ2v) is 3.34. The van der Waals surface area contributed by atoms with Crippen molar-refractivity contribution in [3.8, 4) is 0 Å². The van der Waals surface area contributed by atoms with Gasteiger partial charge < -0.3 is 5.32 Å². The Bertz CT molecular complexity index is 541. The van der Waals surface area contributed by atoms with E-state index in [1.165, 1.54) is 30.6 Å². The third kappa shape index (κ3) is 2.81. The second kappa shape index (κ2) is 4.65. The molecular weight excluding hydrogens is 223 g/mol. The van der Waals surface area contributed by atoms with E-state index < -0.39 is 11.9 Å². The standard InChI is InChI=1S/C11H9FN4O/c1-7-5-14-8(6-13-7)11(17)16-10-4-2-3-9(12)15-10/h2-6H,1H3,(H,15,16,17). The van der Waals surface area contributed by atoms with Gasteiger partial charge in [0, 0.05) is 6.20 Å². The van der Waals surface area contributed by atoms with Gasteiger partial charge in [0.05, 0.1) is 11.9 Å². The summed E-state index contributed by atoms with van der Waals surface area (Å²) in [6, 6.07) is 4.14. The van der Waals surface area contributed by atoms with Crippen LogP contribution in [0, 0.1) is 12.9 Å². The molecule has 0 fully saturated rings. The van der Waals surface area contributed by atoms with Crippen molar-refractivity contribution in [2.45, 2.75) is 6.92 Å². The van der Waals surface area contributed by atoms with Gasteiger partial charge in [0.15, 0.2) is 0 Å². The van der Waals surface area contributed by atoms with Gasteiger partial charge in [-0.25, -0.2) is 9.97 Å². The largest absolute Gasteiger partial charge is 0.305 e. The number of carbonyl (C=O) groups is 1. The van der Waals surface area contributed by atoms with Crippen LogP contribution in [0.1, 0.15) is 16.2 Å². The molecule has 0 aliphatic carbocycles. The molecule has 0 atom stereocenters. The molecule has 0 saturated carbocycles. The molecule has 86 valence electrons. The molecule has 6 heteroatoms. The fourth-order valence-electron chi connectivity index (χ4n) is 1.17. The van der Waals surface area contributed by atoms with Crippen molar-refractivity contribution in [3.63, 3.8) is 0 Å². The molecule has 1 N–H and O–H groups in total. The summed E-state index contributed by atoms with van der Waals surface area (Å²) in [5, 5.41) is 2.43. The first-order chi connectivity index (χ1) is 8.15. The molecule has 0 radical (unpaired) electrons. The van der Waals surface area contributed by atoms with Crippen LogP contribution < -0.4 is 5.32 Å². The van der Waals surface area contributed by atoms with Crippen molar-refractivity contribution in [2.75, 3.05) is 5.32 Å². The number of aromatic nitrogens is 3. The predicted octanol–water partition coefficient (Wildman–Crippen LogP) is 1.57. The fourth-order valence-corrected chi connectivity index (χ4v) is 1.17. The summed E-state index contributed by atoms with van der Waals surface area (Å²) in [5.74, 6) is -0.995. The van der Waals surface area contributed by atoms with Crippen LogP contribution >= 0.6 is 0 Å². The van der Waals surface area contributed by atoms with E-state index in [4.69, 9.17) is 0 Å². The van der Waals surface area contributed by atoms with Crippen LogP contribution in [0.5, 0.6) is 0 Å². The number of nitrogens with one attached hydrogen (secondary N) is 1. The predicted molar refractivity (Wildman–Crippen MR) is 58.9 cm³/mol. The van der Waals surface area contributed by atoms with Gasteiger partial charge >= 0.3 is 0 Å². The minimum atomic E-state index is -0.655. The van der Waals surface area contributed by atoms with Crippen LogP contribution in [0.4, 0.5) is 10.2 Å². The Morgan fingerprint density at radius 2 is 2.12 bits per heavy atom. The second-order valence-electron chi connectivity index (χ2n) is 3.34. The van der Waals surface area contributed by atoms with E-state index in [2.05, 4.69) is 20.3 Å². The van der Waals surface area contributed by atoms with Crippen LogP contribution in [0.2, 0.25) is 0 Å². The number of hydrogen-bond acceptors (Lipinski definition) is 4. The number of aryl methyl sites for hydroxylation is 1. The third-order valence-corrected chi connectivity index (χ3v) is 1.97. The average molecular weight is 232 g/mol. The van der Waals surface area contributed by atoms with Crippen LogP contribution in [0.3, 0.4) is 0 Å². The van der Waals surface area contributed by atoms with Gasteiger partial charge in [-0.05, 0) is 19.1 Å². The molecule has 5 nitrogen and oxygen atoms in total. The van der Waals surface area contributed by atoms with Crippen LogP contribution in [-0.2, 0) is 0 Å². The molecule has 0 aromatic carbocycles. The van der Waals surface area contributed by atoms with E-state index in [1.807, 2.05) is 0 Å². The van der Waals surface area contributed by atoms with E-state index in [-0.39, 0.29) is 11.5 Å². The highest BCUT2D eigenvalue weighted by atomic mass is 19.1. The van der Waals surface area contributed by atoms with Crippen molar-refractivity contribution in [3.05, 3.63) is 47.9 Å². The number of halogens is 1. The molecule has 0 bridgehead atoms. The Hall–Kier alpha value is -2.37. The van der Waals surface area contributed by atoms with Crippen molar-refractivity contribution in [1.82, 2.24) is 15.0 Å². The highest BCUT2D eigenvalue weighted by Crippen LogP contribution is 2.05. The average Bonchev–Trinajstić information content (AvgIpc) is 2.29. The van der Waals surface area contributed by atoms with Gasteiger partial charge in [0.25, 0.3) is 5.91 Å². The maximum atomic E-state index is 12.8. The SMILES string of the molecule is Cc1cnc(C(=O)Nc2cccc(F)n2)cn1. The number of carbonyl (C=O) groups excluding carboxylic acids is 1. The molecule has 2 aromatic heterocycles. The molecule has 0 saturated heterocycles. The minimum absolute atomic E-state index is 0.136. The summed E-state index contributed by atoms with van der Waals surface area (Å²) in [5.41, 5.74) is 0.868. The molecule has 17 heavy (non-hydrogen) atoms. The van der Waals surface area contributed by atoms with Gasteiger partial charge in [0.1, 0.15) is 11.5 Å². The lowest BCUT2D eigenvalue weighted by Crippen LogP contribution is -2.15. The van der Waals surface area contributed by atoms with E-state index in [9.17, 15) is 9.18 Å². The minimum Gasteiger partial charge on any atom is -0.305 e. The van der Waals surface area contributed by atoms with Gasteiger partial charge in [-0.2, -0.15) is 4.39 Å². The zero-order chi connectivity index (χ0) is 12.3. The van der Waals surface area contributed by atoms with Gasteiger partial charge in [-0.3, -0.25) is 9.78 Å². The molecule has 0 unspecified atom stereocenters. The first-order valence-corrected chi connectivity index (χ1v) is 4.88. The fraction of sp³-hybridized carbons (Fsp3) is 0.0909. The molecule has 2 rings (SSSR count). The molecular formula is C11H9FN4O. The highest BCUT2D eigenvalue weighted by Gasteiger charge is 2.08. The quantitative estimate of drug-likeness (QED) is 0.798. The van der Waals surface area contributed by atoms with Crippen molar-refractivity contribution < 1.29 is 9.18 Å². The van der Waals surface area contributed by atoms with E-state index in [0.29, 0.717) is 5.69 Å². The topological polar surface area (TPSA) is 67.8 Å². The number of nitrogens with zero attached hydrogens (tertiary/aromatic N) is 3. The lowest BCUT2D eigenvalue weighted by atomic mass is 10.4. The van der Waals surface area contributed by atoms with Crippen LogP contribution in [0.15, 0.2) is 30.6 Å². The molecule has 2 heterocycles. The lowest BCUT2D eigenvalue weighted by molar-refractivity contribution is 0.102. The van der Waals surface area contributed by atoms with Gasteiger partial charge in [-0.15, -0.1) is 0 Å². The van der Waals surface area contributed by atoms with Crippen molar-refractivity contribution >= 4 is 11.7 Å². The summed E-state index contributed by atoms with van der Waals surface area (Å²) in [7, 11) is 0. The van der Waals surface area contributed by atoms with Gasteiger partial charge in [0.2, 0.25) is 5.95 Å². The smallest absolute Gasteiger partial charge is 0.277 e. The summed E-state index contributed by atoms with van der Waals surface area (Å²) >= 11 is 0. The first-order valence-electron chi connectivity index (χ1n) is 4.88. The Kier molecular flexibility index (Phi) is 3.04. The molecule has 0 aliphatic rings. The molecule has 2 aromatic rings. The highest BCUT2D eigenvalue weighted by molar-refractivity contribution is 6.02. The van der Waals surface area contributed by atoms with Crippen LogP contribution in [0.25, 0.3) is 0 Å². The van der Waals surface area contributed by atoms with Crippen molar-refractivity contribution in [2.24, 2.45) is 0 Å². The number of hydrogen-bond donors (Lipinski definition) is 1. The summed E-state index contributed by atoms with van der Waals surface area (Å²) in [6.45, 7) is 1.77. The summed E-state index contributed by atoms with van der Waals surface area (Å²) < 4.78 is 12.8. The number of rotatable bonds is 2. The summed E-state index contributed by atoms with van der Waals surface area (Å²) in [6.07, 6.45) is 2.83. The van der Waals surface area contributed by atoms with Crippen molar-refractivity contribution in [1.29, 1.82) is 0 Å². The Labute approximate surface area is 96.8 Å². The molecule has 0 spiro atoms. The maximum absolute atomic E-state index is 12.8. The third-order valence-electron chi connectivity index (χ3n) is 1.97. The van der Waals surface area contributed by atoms with E-state index in [1.54, 1.807) is 6.92 Å². The van der Waals surface area contributed by atoms with E-state index in [0.717, 1.165) is 0 Å². The monoisotopic (exact) mass is 232 g/mol. The normalized spacial score (nSPS) is 10.0. The Balaban J connectivity index is 2.14. The number of anilines is 1.